The molecule has 1 fully saturated rings. The average molecular weight is 304 g/mol. The molecule has 0 bridgehead atoms. The van der Waals surface area contributed by atoms with Crippen molar-refractivity contribution < 1.29 is 4.74 Å². The molecular formula is C17H28N4O. The van der Waals surface area contributed by atoms with Gasteiger partial charge in [-0.15, -0.1) is 0 Å². The van der Waals surface area contributed by atoms with Gasteiger partial charge in [-0.05, 0) is 25.0 Å². The Bertz CT molecular complexity index is 493. The predicted molar refractivity (Wildman–Crippen MR) is 91.0 cm³/mol. The lowest BCUT2D eigenvalue weighted by Crippen LogP contribution is -2.45. The van der Waals surface area contributed by atoms with E-state index in [4.69, 9.17) is 4.74 Å². The molecule has 0 saturated carbocycles. The fraction of sp³-hybridized carbons (Fsp3) is 0.588. The quantitative estimate of drug-likeness (QED) is 0.655. The van der Waals surface area contributed by atoms with Gasteiger partial charge in [0.05, 0.1) is 12.2 Å². The summed E-state index contributed by atoms with van der Waals surface area (Å²) < 4.78 is 5.81. The van der Waals surface area contributed by atoms with Gasteiger partial charge in [-0.2, -0.15) is 0 Å². The lowest BCUT2D eigenvalue weighted by molar-refractivity contribution is -0.0705. The van der Waals surface area contributed by atoms with Crippen LogP contribution >= 0.6 is 0 Å². The number of morpholine rings is 1. The van der Waals surface area contributed by atoms with Crippen LogP contribution in [0.3, 0.4) is 0 Å². The van der Waals surface area contributed by atoms with Gasteiger partial charge < -0.3 is 15.4 Å². The Morgan fingerprint density at radius 3 is 2.45 bits per heavy atom. The third-order valence-electron chi connectivity index (χ3n) is 3.91. The van der Waals surface area contributed by atoms with Crippen LogP contribution < -0.4 is 10.6 Å². The second-order valence-electron chi connectivity index (χ2n) is 5.90. The van der Waals surface area contributed by atoms with E-state index in [2.05, 4.69) is 58.6 Å². The average Bonchev–Trinajstić information content (AvgIpc) is 2.49. The maximum Gasteiger partial charge on any atom is 0.190 e. The van der Waals surface area contributed by atoms with Gasteiger partial charge in [-0.1, -0.05) is 24.3 Å². The highest BCUT2D eigenvalue weighted by atomic mass is 16.5. The fourth-order valence-electron chi connectivity index (χ4n) is 3.00. The van der Waals surface area contributed by atoms with Crippen LogP contribution in [-0.2, 0) is 17.8 Å². The lowest BCUT2D eigenvalue weighted by Gasteiger charge is -2.35. The molecule has 1 aliphatic rings. The maximum atomic E-state index is 5.81. The molecule has 0 spiro atoms. The molecule has 5 nitrogen and oxygen atoms in total. The van der Waals surface area contributed by atoms with Crippen molar-refractivity contribution in [3.05, 3.63) is 35.4 Å². The minimum Gasteiger partial charge on any atom is -0.373 e. The van der Waals surface area contributed by atoms with Crippen molar-refractivity contribution in [2.24, 2.45) is 4.99 Å². The minimum absolute atomic E-state index is 0.303. The van der Waals surface area contributed by atoms with Crippen molar-refractivity contribution in [1.82, 2.24) is 15.5 Å². The van der Waals surface area contributed by atoms with E-state index in [0.717, 1.165) is 32.1 Å². The first kappa shape index (κ1) is 16.8. The summed E-state index contributed by atoms with van der Waals surface area (Å²) in [6, 6.07) is 8.59. The normalized spacial score (nSPS) is 23.4. The molecule has 22 heavy (non-hydrogen) atoms. The first-order chi connectivity index (χ1) is 10.6. The molecule has 0 amide bonds. The smallest absolute Gasteiger partial charge is 0.190 e. The van der Waals surface area contributed by atoms with Crippen molar-refractivity contribution in [2.45, 2.75) is 39.1 Å². The van der Waals surface area contributed by atoms with E-state index in [1.807, 2.05) is 7.05 Å². The van der Waals surface area contributed by atoms with Gasteiger partial charge in [-0.25, -0.2) is 0 Å². The largest absolute Gasteiger partial charge is 0.373 e. The number of guanidine groups is 1. The van der Waals surface area contributed by atoms with E-state index in [-0.39, 0.29) is 0 Å². The Morgan fingerprint density at radius 2 is 1.86 bits per heavy atom. The zero-order valence-electron chi connectivity index (χ0n) is 14.1. The first-order valence-electron chi connectivity index (χ1n) is 7.95. The third kappa shape index (κ3) is 4.71. The van der Waals surface area contributed by atoms with Crippen LogP contribution in [0.25, 0.3) is 0 Å². The van der Waals surface area contributed by atoms with Crippen LogP contribution in [0.1, 0.15) is 25.0 Å². The summed E-state index contributed by atoms with van der Waals surface area (Å²) in [7, 11) is 3.65. The summed E-state index contributed by atoms with van der Waals surface area (Å²) >= 11 is 0. The summed E-state index contributed by atoms with van der Waals surface area (Å²) in [6.07, 6.45) is 0.606. The number of hydrogen-bond donors (Lipinski definition) is 2. The summed E-state index contributed by atoms with van der Waals surface area (Å²) in [5, 5.41) is 6.37. The van der Waals surface area contributed by atoms with E-state index < -0.39 is 0 Å². The molecule has 1 aromatic carbocycles. The molecule has 1 heterocycles. The Labute approximate surface area is 133 Å². The molecule has 5 heteroatoms. The molecule has 2 unspecified atom stereocenters. The molecule has 122 valence electrons. The van der Waals surface area contributed by atoms with Crippen LogP contribution in [0.15, 0.2) is 29.3 Å². The van der Waals surface area contributed by atoms with E-state index in [1.165, 1.54) is 11.1 Å². The zero-order valence-corrected chi connectivity index (χ0v) is 14.1. The highest BCUT2D eigenvalue weighted by molar-refractivity contribution is 5.79. The minimum atomic E-state index is 0.303. The Hall–Kier alpha value is -1.59. The van der Waals surface area contributed by atoms with Crippen molar-refractivity contribution >= 4 is 5.96 Å². The number of nitrogens with zero attached hydrogens (tertiary/aromatic N) is 2. The molecule has 0 radical (unpaired) electrons. The summed E-state index contributed by atoms with van der Waals surface area (Å²) in [5.74, 6) is 0.809. The Kier molecular flexibility index (Phi) is 6.21. The van der Waals surface area contributed by atoms with Gasteiger partial charge in [0, 0.05) is 40.3 Å². The number of hydrogen-bond acceptors (Lipinski definition) is 3. The van der Waals surface area contributed by atoms with Crippen LogP contribution in [-0.4, -0.2) is 50.3 Å². The number of rotatable bonds is 4. The van der Waals surface area contributed by atoms with Gasteiger partial charge in [-0.3, -0.25) is 9.89 Å². The van der Waals surface area contributed by atoms with Crippen molar-refractivity contribution in [2.75, 3.05) is 27.2 Å². The van der Waals surface area contributed by atoms with Crippen molar-refractivity contribution in [3.63, 3.8) is 0 Å². The second-order valence-corrected chi connectivity index (χ2v) is 5.90. The highest BCUT2D eigenvalue weighted by Crippen LogP contribution is 2.16. The van der Waals surface area contributed by atoms with Crippen LogP contribution in [0, 0.1) is 0 Å². The van der Waals surface area contributed by atoms with Gasteiger partial charge in [0.1, 0.15) is 0 Å². The molecule has 1 saturated heterocycles. The Balaban J connectivity index is 2.01. The first-order valence-corrected chi connectivity index (χ1v) is 7.95. The molecule has 0 aliphatic carbocycles. The number of ether oxygens (including phenoxy) is 1. The SMILES string of the molecule is CN=C(NC)NCc1ccccc1CN1CC(C)OC(C)C1. The van der Waals surface area contributed by atoms with Crippen LogP contribution in [0.2, 0.25) is 0 Å². The van der Waals surface area contributed by atoms with Crippen molar-refractivity contribution in [3.8, 4) is 0 Å². The van der Waals surface area contributed by atoms with E-state index in [1.54, 1.807) is 7.05 Å². The van der Waals surface area contributed by atoms with Gasteiger partial charge >= 0.3 is 0 Å². The molecule has 1 aliphatic heterocycles. The number of nitrogens with one attached hydrogen (secondary N) is 2. The van der Waals surface area contributed by atoms with Crippen LogP contribution in [0.4, 0.5) is 0 Å². The monoisotopic (exact) mass is 304 g/mol. The molecular weight excluding hydrogens is 276 g/mol. The fourth-order valence-corrected chi connectivity index (χ4v) is 3.00. The molecule has 2 rings (SSSR count). The predicted octanol–water partition coefficient (Wildman–Crippen LogP) is 1.59. The zero-order chi connectivity index (χ0) is 15.9. The third-order valence-corrected chi connectivity index (χ3v) is 3.91. The van der Waals surface area contributed by atoms with E-state index in [9.17, 15) is 0 Å². The highest BCUT2D eigenvalue weighted by Gasteiger charge is 2.22. The van der Waals surface area contributed by atoms with Gasteiger partial charge in [0.25, 0.3) is 0 Å². The molecule has 1 aromatic rings. The Morgan fingerprint density at radius 1 is 1.23 bits per heavy atom. The molecule has 2 N–H and O–H groups in total. The second kappa shape index (κ2) is 8.15. The standard InChI is InChI=1S/C17H28N4O/c1-13-10-21(11-14(2)22-13)12-16-8-6-5-7-15(16)9-20-17(18-3)19-4/h5-8,13-14H,9-12H2,1-4H3,(H2,18,19,20). The molecule has 0 aromatic heterocycles. The van der Waals surface area contributed by atoms with Gasteiger partial charge in [0.2, 0.25) is 0 Å². The summed E-state index contributed by atoms with van der Waals surface area (Å²) in [6.45, 7) is 8.02. The van der Waals surface area contributed by atoms with E-state index in [0.29, 0.717) is 12.2 Å². The van der Waals surface area contributed by atoms with Crippen molar-refractivity contribution in [1.29, 1.82) is 0 Å². The summed E-state index contributed by atoms with van der Waals surface area (Å²) in [5.41, 5.74) is 2.67. The number of aliphatic imine (C=N–C) groups is 1. The topological polar surface area (TPSA) is 48.9 Å². The lowest BCUT2D eigenvalue weighted by atomic mass is 10.1. The molecule has 2 atom stereocenters. The maximum absolute atomic E-state index is 5.81. The van der Waals surface area contributed by atoms with E-state index >= 15 is 0 Å². The van der Waals surface area contributed by atoms with Gasteiger partial charge in [0.15, 0.2) is 5.96 Å². The summed E-state index contributed by atoms with van der Waals surface area (Å²) in [4.78, 5) is 6.63. The number of benzene rings is 1. The van der Waals surface area contributed by atoms with Crippen LogP contribution in [0.5, 0.6) is 0 Å².